The van der Waals surface area contributed by atoms with Gasteiger partial charge in [-0.1, -0.05) is 13.0 Å². The minimum Gasteiger partial charge on any atom is -0.439 e. The van der Waals surface area contributed by atoms with E-state index < -0.39 is 0 Å². The van der Waals surface area contributed by atoms with Crippen LogP contribution in [0.25, 0.3) is 0 Å². The molecule has 18 heavy (non-hydrogen) atoms. The Kier molecular flexibility index (Phi) is 3.84. The van der Waals surface area contributed by atoms with Gasteiger partial charge in [0.15, 0.2) is 0 Å². The monoisotopic (exact) mass is 247 g/mol. The fourth-order valence-corrected chi connectivity index (χ4v) is 1.50. The summed E-state index contributed by atoms with van der Waals surface area (Å²) in [6.45, 7) is 2.15. The average Bonchev–Trinajstić information content (AvgIpc) is 2.39. The second kappa shape index (κ2) is 5.55. The van der Waals surface area contributed by atoms with Gasteiger partial charge in [-0.05, 0) is 12.5 Å². The highest BCUT2D eigenvalue weighted by Gasteiger charge is 2.05. The molecule has 0 spiro atoms. The highest BCUT2D eigenvalue weighted by Crippen LogP contribution is 2.22. The molecule has 1 heterocycles. The number of benzene rings is 1. The van der Waals surface area contributed by atoms with E-state index >= 15 is 0 Å². The number of ether oxygens (including phenoxy) is 1. The van der Waals surface area contributed by atoms with Crippen LogP contribution in [-0.4, -0.2) is 9.97 Å². The first-order valence-electron chi connectivity index (χ1n) is 5.70. The van der Waals surface area contributed by atoms with E-state index in [0.29, 0.717) is 17.2 Å². The summed E-state index contributed by atoms with van der Waals surface area (Å²) in [4.78, 5) is 8.04. The molecule has 2 N–H and O–H groups in total. The van der Waals surface area contributed by atoms with Gasteiger partial charge in [-0.15, -0.1) is 0 Å². The molecule has 0 saturated heterocycles. The Morgan fingerprint density at radius 1 is 1.28 bits per heavy atom. The third kappa shape index (κ3) is 2.81. The Labute approximate surface area is 105 Å². The Hall–Kier alpha value is -2.01. The zero-order valence-corrected chi connectivity index (χ0v) is 10.1. The zero-order chi connectivity index (χ0) is 13.0. The molecule has 0 bridgehead atoms. The smallest absolute Gasteiger partial charge is 0.222 e. The van der Waals surface area contributed by atoms with Crippen molar-refractivity contribution in [3.05, 3.63) is 47.7 Å². The van der Waals surface area contributed by atoms with Gasteiger partial charge in [0.05, 0.1) is 0 Å². The summed E-state index contributed by atoms with van der Waals surface area (Å²) in [5.74, 6) is 0.423. The van der Waals surface area contributed by atoms with E-state index in [-0.39, 0.29) is 12.4 Å². The molecule has 0 amide bonds. The van der Waals surface area contributed by atoms with E-state index in [9.17, 15) is 4.39 Å². The number of halogens is 1. The van der Waals surface area contributed by atoms with E-state index in [0.717, 1.165) is 12.1 Å². The summed E-state index contributed by atoms with van der Waals surface area (Å²) < 4.78 is 19.0. The molecule has 94 valence electrons. The summed E-state index contributed by atoms with van der Waals surface area (Å²) in [6, 6.07) is 6.30. The Morgan fingerprint density at radius 2 is 2.11 bits per heavy atom. The van der Waals surface area contributed by atoms with E-state index in [4.69, 9.17) is 10.5 Å². The first-order chi connectivity index (χ1) is 8.72. The molecule has 0 aliphatic carbocycles. The third-order valence-corrected chi connectivity index (χ3v) is 2.53. The number of hydrogen-bond acceptors (Lipinski definition) is 4. The van der Waals surface area contributed by atoms with Crippen molar-refractivity contribution >= 4 is 0 Å². The predicted octanol–water partition coefficient (Wildman–Crippen LogP) is 2.43. The molecule has 2 rings (SSSR count). The van der Waals surface area contributed by atoms with E-state index in [1.807, 2.05) is 6.92 Å². The topological polar surface area (TPSA) is 61.0 Å². The maximum Gasteiger partial charge on any atom is 0.222 e. The normalized spacial score (nSPS) is 10.4. The van der Waals surface area contributed by atoms with E-state index in [2.05, 4.69) is 9.97 Å². The van der Waals surface area contributed by atoms with Gasteiger partial charge in [0.2, 0.25) is 5.88 Å². The number of rotatable bonds is 4. The summed E-state index contributed by atoms with van der Waals surface area (Å²) >= 11 is 0. The molecule has 0 aliphatic heterocycles. The van der Waals surface area contributed by atoms with Crippen LogP contribution >= 0.6 is 0 Å². The van der Waals surface area contributed by atoms with Crippen molar-refractivity contribution < 1.29 is 9.13 Å². The van der Waals surface area contributed by atoms with Crippen molar-refractivity contribution in [3.8, 4) is 11.6 Å². The van der Waals surface area contributed by atoms with Gasteiger partial charge in [0.1, 0.15) is 17.9 Å². The van der Waals surface area contributed by atoms with Crippen LogP contribution in [-0.2, 0) is 13.0 Å². The first kappa shape index (κ1) is 12.4. The Bertz CT molecular complexity index is 546. The minimum absolute atomic E-state index is 0.166. The number of hydrogen-bond donors (Lipinski definition) is 1. The van der Waals surface area contributed by atoms with Crippen molar-refractivity contribution in [1.29, 1.82) is 0 Å². The SMILES string of the molecule is CCc1cc(Oc2ccc(CN)c(F)c2)ncn1. The van der Waals surface area contributed by atoms with Crippen LogP contribution in [0.15, 0.2) is 30.6 Å². The lowest BCUT2D eigenvalue weighted by atomic mass is 10.2. The second-order valence-electron chi connectivity index (χ2n) is 3.76. The molecule has 0 unspecified atom stereocenters. The van der Waals surface area contributed by atoms with Gasteiger partial charge < -0.3 is 10.5 Å². The van der Waals surface area contributed by atoms with Crippen molar-refractivity contribution in [1.82, 2.24) is 9.97 Å². The second-order valence-corrected chi connectivity index (χ2v) is 3.76. The molecule has 0 atom stereocenters. The molecule has 0 fully saturated rings. The average molecular weight is 247 g/mol. The molecule has 0 radical (unpaired) electrons. The highest BCUT2D eigenvalue weighted by atomic mass is 19.1. The van der Waals surface area contributed by atoms with Crippen LogP contribution in [0.1, 0.15) is 18.2 Å². The molecule has 5 heteroatoms. The Balaban J connectivity index is 2.20. The van der Waals surface area contributed by atoms with E-state index in [1.54, 1.807) is 18.2 Å². The summed E-state index contributed by atoms with van der Waals surface area (Å²) in [5, 5.41) is 0. The third-order valence-electron chi connectivity index (χ3n) is 2.53. The number of nitrogens with two attached hydrogens (primary N) is 1. The summed E-state index contributed by atoms with van der Waals surface area (Å²) in [5.41, 5.74) is 6.72. The number of aryl methyl sites for hydroxylation is 1. The molecular formula is C13H14FN3O. The quantitative estimate of drug-likeness (QED) is 0.901. The van der Waals surface area contributed by atoms with Crippen LogP contribution in [0.4, 0.5) is 4.39 Å². The minimum atomic E-state index is -0.375. The van der Waals surface area contributed by atoms with Gasteiger partial charge in [0, 0.05) is 29.9 Å². The van der Waals surface area contributed by atoms with Crippen molar-refractivity contribution in [2.24, 2.45) is 5.73 Å². The molecule has 1 aromatic heterocycles. The van der Waals surface area contributed by atoms with E-state index in [1.165, 1.54) is 12.4 Å². The Morgan fingerprint density at radius 3 is 2.78 bits per heavy atom. The van der Waals surface area contributed by atoms with Gasteiger partial charge in [-0.25, -0.2) is 14.4 Å². The van der Waals surface area contributed by atoms with Gasteiger partial charge in [0.25, 0.3) is 0 Å². The highest BCUT2D eigenvalue weighted by molar-refractivity contribution is 5.31. The maximum absolute atomic E-state index is 13.5. The number of nitrogens with zero attached hydrogens (tertiary/aromatic N) is 2. The number of aromatic nitrogens is 2. The van der Waals surface area contributed by atoms with Crippen LogP contribution in [0.3, 0.4) is 0 Å². The van der Waals surface area contributed by atoms with Gasteiger partial charge >= 0.3 is 0 Å². The fraction of sp³-hybridized carbons (Fsp3) is 0.231. The molecule has 1 aromatic carbocycles. The maximum atomic E-state index is 13.5. The van der Waals surface area contributed by atoms with Crippen LogP contribution in [0.5, 0.6) is 11.6 Å². The van der Waals surface area contributed by atoms with Crippen LogP contribution < -0.4 is 10.5 Å². The molecule has 4 nitrogen and oxygen atoms in total. The first-order valence-corrected chi connectivity index (χ1v) is 5.70. The molecular weight excluding hydrogens is 233 g/mol. The standard InChI is InChI=1S/C13H14FN3O/c1-2-10-5-13(17-8-16-10)18-11-4-3-9(7-15)12(14)6-11/h3-6,8H,2,7,15H2,1H3. The lowest BCUT2D eigenvalue weighted by Gasteiger charge is -2.07. The van der Waals surface area contributed by atoms with Crippen LogP contribution in [0, 0.1) is 5.82 Å². The lowest BCUT2D eigenvalue weighted by molar-refractivity contribution is 0.454. The van der Waals surface area contributed by atoms with Crippen molar-refractivity contribution in [2.45, 2.75) is 19.9 Å². The van der Waals surface area contributed by atoms with Gasteiger partial charge in [-0.3, -0.25) is 0 Å². The predicted molar refractivity (Wildman–Crippen MR) is 65.8 cm³/mol. The largest absolute Gasteiger partial charge is 0.439 e. The molecule has 0 aliphatic rings. The summed E-state index contributed by atoms with van der Waals surface area (Å²) in [7, 11) is 0. The lowest BCUT2D eigenvalue weighted by Crippen LogP contribution is -2.00. The fourth-order valence-electron chi connectivity index (χ4n) is 1.50. The molecule has 0 saturated carbocycles. The molecule has 2 aromatic rings. The van der Waals surface area contributed by atoms with Crippen molar-refractivity contribution in [2.75, 3.05) is 0 Å². The van der Waals surface area contributed by atoms with Crippen LogP contribution in [0.2, 0.25) is 0 Å². The zero-order valence-electron chi connectivity index (χ0n) is 10.1. The van der Waals surface area contributed by atoms with Crippen molar-refractivity contribution in [3.63, 3.8) is 0 Å². The van der Waals surface area contributed by atoms with Gasteiger partial charge in [-0.2, -0.15) is 0 Å². The summed E-state index contributed by atoms with van der Waals surface area (Å²) in [6.07, 6.45) is 2.22.